The molecule has 0 radical (unpaired) electrons. The van der Waals surface area contributed by atoms with E-state index in [0.717, 1.165) is 13.0 Å². The molecule has 1 aromatic heterocycles. The minimum absolute atomic E-state index is 0.273. The topological polar surface area (TPSA) is 77.4 Å². The molecule has 0 saturated carbocycles. The van der Waals surface area contributed by atoms with E-state index >= 15 is 0 Å². The summed E-state index contributed by atoms with van der Waals surface area (Å²) in [6.45, 7) is 2.27. The zero-order valence-corrected chi connectivity index (χ0v) is 14.3. The lowest BCUT2D eigenvalue weighted by molar-refractivity contribution is 0.146. The number of methoxy groups -OCH3 is 1. The second-order valence-electron chi connectivity index (χ2n) is 5.02. The van der Waals surface area contributed by atoms with Crippen molar-refractivity contribution in [3.05, 3.63) is 41.9 Å². The Balaban J connectivity index is 1.71. The summed E-state index contributed by atoms with van der Waals surface area (Å²) in [5.74, 6) is 0.556. The molecule has 0 spiro atoms. The van der Waals surface area contributed by atoms with Gasteiger partial charge < -0.3 is 24.7 Å². The highest BCUT2D eigenvalue weighted by Gasteiger charge is 2.06. The summed E-state index contributed by atoms with van der Waals surface area (Å²) in [7, 11) is 1.60. The molecule has 0 aliphatic heterocycles. The van der Waals surface area contributed by atoms with Gasteiger partial charge in [-0.3, -0.25) is 0 Å². The van der Waals surface area contributed by atoms with Crippen molar-refractivity contribution >= 4 is 23.3 Å². The number of halogens is 1. The molecule has 1 heterocycles. The number of amides is 2. The van der Waals surface area contributed by atoms with Crippen molar-refractivity contribution in [2.24, 2.45) is 0 Å². The molecule has 130 valence electrons. The van der Waals surface area contributed by atoms with Gasteiger partial charge in [0.15, 0.2) is 0 Å². The zero-order chi connectivity index (χ0) is 17.2. The SMILES string of the molecule is COCCOc1ccc(NC(=O)NCCCn2ccnc2)cc1Cl. The zero-order valence-electron chi connectivity index (χ0n) is 13.5. The normalized spacial score (nSPS) is 10.4. The lowest BCUT2D eigenvalue weighted by atomic mass is 10.3. The molecule has 0 aliphatic carbocycles. The van der Waals surface area contributed by atoms with E-state index in [9.17, 15) is 4.79 Å². The van der Waals surface area contributed by atoms with Crippen LogP contribution in [-0.2, 0) is 11.3 Å². The van der Waals surface area contributed by atoms with Crippen LogP contribution < -0.4 is 15.4 Å². The summed E-state index contributed by atoms with van der Waals surface area (Å²) >= 11 is 6.13. The fourth-order valence-electron chi connectivity index (χ4n) is 1.99. The monoisotopic (exact) mass is 352 g/mol. The highest BCUT2D eigenvalue weighted by atomic mass is 35.5. The molecule has 1 aromatic carbocycles. The second kappa shape index (κ2) is 9.79. The number of carbonyl (C=O) groups is 1. The summed E-state index contributed by atoms with van der Waals surface area (Å²) in [6, 6.07) is 4.82. The van der Waals surface area contributed by atoms with Gasteiger partial charge in [-0.25, -0.2) is 9.78 Å². The molecule has 24 heavy (non-hydrogen) atoms. The summed E-state index contributed by atoms with van der Waals surface area (Å²) in [5.41, 5.74) is 0.603. The van der Waals surface area contributed by atoms with Crippen LogP contribution in [0.3, 0.4) is 0 Å². The molecular weight excluding hydrogens is 332 g/mol. The van der Waals surface area contributed by atoms with Crippen LogP contribution in [0.1, 0.15) is 6.42 Å². The second-order valence-corrected chi connectivity index (χ2v) is 5.43. The third-order valence-corrected chi connectivity index (χ3v) is 3.47. The van der Waals surface area contributed by atoms with E-state index in [1.54, 1.807) is 37.8 Å². The highest BCUT2D eigenvalue weighted by Crippen LogP contribution is 2.27. The Morgan fingerprint density at radius 2 is 2.25 bits per heavy atom. The Hall–Kier alpha value is -2.25. The fraction of sp³-hybridized carbons (Fsp3) is 0.375. The Labute approximate surface area is 145 Å². The Kier molecular flexibility index (Phi) is 7.38. The van der Waals surface area contributed by atoms with Gasteiger partial charge in [-0.1, -0.05) is 11.6 Å². The van der Waals surface area contributed by atoms with Crippen molar-refractivity contribution in [3.8, 4) is 5.75 Å². The average Bonchev–Trinajstić information content (AvgIpc) is 3.07. The number of imidazole rings is 1. The lowest BCUT2D eigenvalue weighted by Crippen LogP contribution is -2.30. The number of carbonyl (C=O) groups excluding carboxylic acids is 1. The van der Waals surface area contributed by atoms with Gasteiger partial charge in [0, 0.05) is 38.3 Å². The van der Waals surface area contributed by atoms with E-state index in [2.05, 4.69) is 15.6 Å². The van der Waals surface area contributed by atoms with Crippen LogP contribution >= 0.6 is 11.6 Å². The van der Waals surface area contributed by atoms with Crippen molar-refractivity contribution in [2.75, 3.05) is 32.2 Å². The number of ether oxygens (including phenoxy) is 2. The average molecular weight is 353 g/mol. The molecule has 0 unspecified atom stereocenters. The number of anilines is 1. The standard InChI is InChI=1S/C16H21ClN4O3/c1-23-9-10-24-15-4-3-13(11-14(15)17)20-16(22)19-5-2-7-21-8-6-18-12-21/h3-4,6,8,11-12H,2,5,7,9-10H2,1H3,(H2,19,20,22). The van der Waals surface area contributed by atoms with Crippen LogP contribution in [0.15, 0.2) is 36.9 Å². The largest absolute Gasteiger partial charge is 0.490 e. The minimum Gasteiger partial charge on any atom is -0.490 e. The van der Waals surface area contributed by atoms with Crippen LogP contribution in [0.25, 0.3) is 0 Å². The number of benzene rings is 1. The van der Waals surface area contributed by atoms with Crippen LogP contribution in [0.5, 0.6) is 5.75 Å². The summed E-state index contributed by atoms with van der Waals surface area (Å²) in [4.78, 5) is 15.8. The predicted molar refractivity (Wildman–Crippen MR) is 92.7 cm³/mol. The number of aromatic nitrogens is 2. The van der Waals surface area contributed by atoms with Gasteiger partial charge >= 0.3 is 6.03 Å². The molecule has 0 atom stereocenters. The number of hydrogen-bond donors (Lipinski definition) is 2. The smallest absolute Gasteiger partial charge is 0.319 e. The maximum Gasteiger partial charge on any atom is 0.319 e. The van der Waals surface area contributed by atoms with Gasteiger partial charge in [-0.05, 0) is 24.6 Å². The number of rotatable bonds is 9. The predicted octanol–water partition coefficient (Wildman–Crippen LogP) is 2.77. The molecule has 0 bridgehead atoms. The molecule has 2 N–H and O–H groups in total. The molecule has 0 saturated heterocycles. The van der Waals surface area contributed by atoms with Crippen molar-refractivity contribution < 1.29 is 14.3 Å². The summed E-state index contributed by atoms with van der Waals surface area (Å²) in [6.07, 6.45) is 6.18. The quantitative estimate of drug-likeness (QED) is 0.680. The van der Waals surface area contributed by atoms with Gasteiger partial charge in [0.05, 0.1) is 18.0 Å². The molecule has 7 nitrogen and oxygen atoms in total. The van der Waals surface area contributed by atoms with Crippen molar-refractivity contribution in [2.45, 2.75) is 13.0 Å². The first kappa shape index (κ1) is 18.1. The highest BCUT2D eigenvalue weighted by molar-refractivity contribution is 6.32. The van der Waals surface area contributed by atoms with E-state index in [4.69, 9.17) is 21.1 Å². The molecule has 2 amide bonds. The van der Waals surface area contributed by atoms with Crippen LogP contribution in [0, 0.1) is 0 Å². The first-order chi connectivity index (χ1) is 11.7. The number of urea groups is 1. The Morgan fingerprint density at radius 1 is 1.38 bits per heavy atom. The van der Waals surface area contributed by atoms with Crippen molar-refractivity contribution in [1.82, 2.24) is 14.9 Å². The van der Waals surface area contributed by atoms with Crippen LogP contribution in [0.4, 0.5) is 10.5 Å². The number of hydrogen-bond acceptors (Lipinski definition) is 4. The molecule has 2 aromatic rings. The van der Waals surface area contributed by atoms with Gasteiger partial charge in [-0.2, -0.15) is 0 Å². The van der Waals surface area contributed by atoms with Crippen molar-refractivity contribution in [1.29, 1.82) is 0 Å². The Morgan fingerprint density at radius 3 is 2.96 bits per heavy atom. The van der Waals surface area contributed by atoms with Crippen LogP contribution in [0.2, 0.25) is 5.02 Å². The first-order valence-electron chi connectivity index (χ1n) is 7.61. The maximum atomic E-state index is 11.8. The third-order valence-electron chi connectivity index (χ3n) is 3.17. The van der Waals surface area contributed by atoms with E-state index in [1.165, 1.54) is 0 Å². The minimum atomic E-state index is -0.273. The van der Waals surface area contributed by atoms with E-state index < -0.39 is 0 Å². The molecule has 0 aliphatic rings. The maximum absolute atomic E-state index is 11.8. The Bertz CT molecular complexity index is 634. The van der Waals surface area contributed by atoms with Gasteiger partial charge in [-0.15, -0.1) is 0 Å². The lowest BCUT2D eigenvalue weighted by Gasteiger charge is -2.11. The van der Waals surface area contributed by atoms with E-state index in [0.29, 0.717) is 36.2 Å². The summed E-state index contributed by atoms with van der Waals surface area (Å²) < 4.78 is 12.3. The molecule has 8 heteroatoms. The first-order valence-corrected chi connectivity index (χ1v) is 7.98. The summed E-state index contributed by atoms with van der Waals surface area (Å²) in [5, 5.41) is 5.97. The van der Waals surface area contributed by atoms with E-state index in [-0.39, 0.29) is 6.03 Å². The van der Waals surface area contributed by atoms with Gasteiger partial charge in [0.2, 0.25) is 0 Å². The third kappa shape index (κ3) is 6.10. The van der Waals surface area contributed by atoms with Gasteiger partial charge in [0.1, 0.15) is 12.4 Å². The van der Waals surface area contributed by atoms with Crippen LogP contribution in [-0.4, -0.2) is 42.5 Å². The van der Waals surface area contributed by atoms with Gasteiger partial charge in [0.25, 0.3) is 0 Å². The van der Waals surface area contributed by atoms with E-state index in [1.807, 2.05) is 10.8 Å². The molecular formula is C16H21ClN4O3. The molecule has 0 fully saturated rings. The fourth-order valence-corrected chi connectivity index (χ4v) is 2.22. The number of nitrogens with zero attached hydrogens (tertiary/aromatic N) is 2. The van der Waals surface area contributed by atoms with Crippen molar-refractivity contribution in [3.63, 3.8) is 0 Å². The number of aryl methyl sites for hydroxylation is 1. The number of nitrogens with one attached hydrogen (secondary N) is 2. The molecule has 2 rings (SSSR count).